The summed E-state index contributed by atoms with van der Waals surface area (Å²) in [5.41, 5.74) is 1.53. The third-order valence-electron chi connectivity index (χ3n) is 4.22. The number of thioether (sulfide) groups is 1. The zero-order chi connectivity index (χ0) is 17.9. The van der Waals surface area contributed by atoms with Crippen LogP contribution in [0.2, 0.25) is 0 Å². The van der Waals surface area contributed by atoms with Gasteiger partial charge in [0.05, 0.1) is 11.1 Å². The first-order valence-electron chi connectivity index (χ1n) is 8.28. The fraction of sp³-hybridized carbons (Fsp3) is 0.150. The number of carbonyl (C=O) groups is 1. The summed E-state index contributed by atoms with van der Waals surface area (Å²) in [6, 6.07) is 14.8. The Morgan fingerprint density at radius 2 is 2.04 bits per heavy atom. The van der Waals surface area contributed by atoms with E-state index >= 15 is 0 Å². The van der Waals surface area contributed by atoms with Gasteiger partial charge in [-0.25, -0.2) is 5.10 Å². The number of allylic oxidation sites excluding steroid dienone is 1. The van der Waals surface area contributed by atoms with E-state index < -0.39 is 0 Å². The van der Waals surface area contributed by atoms with E-state index in [2.05, 4.69) is 10.2 Å². The van der Waals surface area contributed by atoms with E-state index in [1.807, 2.05) is 47.9 Å². The van der Waals surface area contributed by atoms with E-state index in [0.29, 0.717) is 24.0 Å². The molecule has 0 saturated carbocycles. The molecule has 3 aromatic rings. The van der Waals surface area contributed by atoms with Crippen molar-refractivity contribution in [3.63, 3.8) is 0 Å². The molecule has 0 radical (unpaired) electrons. The van der Waals surface area contributed by atoms with Crippen LogP contribution in [-0.2, 0) is 11.2 Å². The molecule has 1 unspecified atom stereocenters. The van der Waals surface area contributed by atoms with E-state index in [0.717, 1.165) is 16.6 Å². The van der Waals surface area contributed by atoms with Gasteiger partial charge in [0.25, 0.3) is 5.56 Å². The summed E-state index contributed by atoms with van der Waals surface area (Å²) >= 11 is 1.48. The van der Waals surface area contributed by atoms with Gasteiger partial charge in [0.1, 0.15) is 11.0 Å². The Morgan fingerprint density at radius 1 is 1.19 bits per heavy atom. The first-order chi connectivity index (χ1) is 12.7. The Hall–Kier alpha value is -2.86. The molecule has 0 fully saturated rings. The maximum absolute atomic E-state index is 12.2. The summed E-state index contributed by atoms with van der Waals surface area (Å²) < 4.78 is 5.51. The Balaban J connectivity index is 1.57. The molecule has 1 atom stereocenters. The summed E-state index contributed by atoms with van der Waals surface area (Å²) in [6.07, 6.45) is 3.21. The zero-order valence-corrected chi connectivity index (χ0v) is 14.7. The van der Waals surface area contributed by atoms with Gasteiger partial charge >= 0.3 is 5.97 Å². The second-order valence-electron chi connectivity index (χ2n) is 6.02. The summed E-state index contributed by atoms with van der Waals surface area (Å²) in [6.45, 7) is 0. The maximum atomic E-state index is 12.2. The Labute approximate surface area is 154 Å². The average molecular weight is 364 g/mol. The molecule has 0 bridgehead atoms. The Bertz CT molecular complexity index is 1050. The molecule has 0 aliphatic carbocycles. The van der Waals surface area contributed by atoms with Gasteiger partial charge in [-0.15, -0.1) is 11.8 Å². The van der Waals surface area contributed by atoms with Crippen molar-refractivity contribution < 1.29 is 9.53 Å². The van der Waals surface area contributed by atoms with Crippen LogP contribution in [-0.4, -0.2) is 21.4 Å². The number of hydrogen-bond acceptors (Lipinski definition) is 5. The maximum Gasteiger partial charge on any atom is 0.325 e. The molecular weight excluding hydrogens is 348 g/mol. The van der Waals surface area contributed by atoms with Gasteiger partial charge in [-0.05, 0) is 35.6 Å². The van der Waals surface area contributed by atoms with Crippen molar-refractivity contribution in [2.75, 3.05) is 0 Å². The molecule has 130 valence electrons. The molecular formula is C20H16N2O3S. The second kappa shape index (κ2) is 7.17. The van der Waals surface area contributed by atoms with Gasteiger partial charge in [-0.1, -0.05) is 36.4 Å². The van der Waals surface area contributed by atoms with Crippen LogP contribution in [0.1, 0.15) is 17.7 Å². The first kappa shape index (κ1) is 16.6. The number of benzene rings is 2. The Morgan fingerprint density at radius 3 is 2.85 bits per heavy atom. The summed E-state index contributed by atoms with van der Waals surface area (Å²) in [4.78, 5) is 24.1. The van der Waals surface area contributed by atoms with Crippen LogP contribution < -0.4 is 10.3 Å². The molecule has 2 aromatic carbocycles. The molecule has 0 amide bonds. The van der Waals surface area contributed by atoms with Gasteiger partial charge in [0.2, 0.25) is 0 Å². The molecule has 2 heterocycles. The third kappa shape index (κ3) is 3.41. The minimum absolute atomic E-state index is 0.163. The number of aromatic amines is 1. The van der Waals surface area contributed by atoms with E-state index in [1.165, 1.54) is 11.8 Å². The van der Waals surface area contributed by atoms with Gasteiger partial charge < -0.3 is 4.74 Å². The molecule has 6 heteroatoms. The molecule has 1 N–H and O–H groups in total. The highest BCUT2D eigenvalue weighted by Crippen LogP contribution is 2.26. The zero-order valence-electron chi connectivity index (χ0n) is 13.8. The van der Waals surface area contributed by atoms with Crippen molar-refractivity contribution in [1.82, 2.24) is 10.2 Å². The lowest BCUT2D eigenvalue weighted by Crippen LogP contribution is -2.20. The highest BCUT2D eigenvalue weighted by molar-refractivity contribution is 8.03. The lowest BCUT2D eigenvalue weighted by atomic mass is 10.0. The minimum atomic E-state index is -0.232. The lowest BCUT2D eigenvalue weighted by molar-refractivity contribution is -0.133. The van der Waals surface area contributed by atoms with Crippen LogP contribution in [0, 0.1) is 0 Å². The van der Waals surface area contributed by atoms with Crippen LogP contribution in [0.25, 0.3) is 10.8 Å². The van der Waals surface area contributed by atoms with Gasteiger partial charge in [0, 0.05) is 11.8 Å². The van der Waals surface area contributed by atoms with E-state index in [4.69, 9.17) is 4.74 Å². The van der Waals surface area contributed by atoms with Crippen LogP contribution in [0.5, 0.6) is 5.75 Å². The summed E-state index contributed by atoms with van der Waals surface area (Å²) in [5, 5.41) is 9.95. The highest BCUT2D eigenvalue weighted by atomic mass is 32.2. The largest absolute Gasteiger partial charge is 0.426 e. The minimum Gasteiger partial charge on any atom is -0.426 e. The van der Waals surface area contributed by atoms with E-state index in [9.17, 15) is 9.59 Å². The third-order valence-corrected chi connectivity index (χ3v) is 5.28. The fourth-order valence-corrected chi connectivity index (χ4v) is 3.73. The molecule has 5 nitrogen and oxygen atoms in total. The number of rotatable bonds is 4. The van der Waals surface area contributed by atoms with Crippen LogP contribution in [0.15, 0.2) is 64.8 Å². The van der Waals surface area contributed by atoms with Gasteiger partial charge in [0.15, 0.2) is 0 Å². The number of fused-ring (bicyclic) bond motifs is 1. The number of nitrogens with zero attached hydrogens (tertiary/aromatic N) is 1. The van der Waals surface area contributed by atoms with E-state index in [1.54, 1.807) is 12.1 Å². The number of esters is 1. The average Bonchev–Trinajstić information content (AvgIpc) is 3.20. The molecule has 4 rings (SSSR count). The predicted octanol–water partition coefficient (Wildman–Crippen LogP) is 3.44. The van der Waals surface area contributed by atoms with Crippen molar-refractivity contribution in [3.05, 3.63) is 81.6 Å². The molecule has 26 heavy (non-hydrogen) atoms. The number of nitrogens with one attached hydrogen (secondary N) is 1. The number of ether oxygens (including phenoxy) is 1. The monoisotopic (exact) mass is 364 g/mol. The number of H-pyrrole nitrogens is 1. The number of aromatic nitrogens is 2. The van der Waals surface area contributed by atoms with Gasteiger partial charge in [-0.2, -0.15) is 5.10 Å². The quantitative estimate of drug-likeness (QED) is 0.567. The molecule has 1 aromatic heterocycles. The normalized spacial score (nSPS) is 16.1. The number of hydrogen-bond donors (Lipinski definition) is 1. The van der Waals surface area contributed by atoms with Crippen molar-refractivity contribution in [1.29, 1.82) is 0 Å². The molecule has 0 spiro atoms. The van der Waals surface area contributed by atoms with Crippen molar-refractivity contribution in [3.8, 4) is 5.75 Å². The Kier molecular flexibility index (Phi) is 4.58. The predicted molar refractivity (Wildman–Crippen MR) is 102 cm³/mol. The first-order valence-corrected chi connectivity index (χ1v) is 9.22. The topological polar surface area (TPSA) is 72.0 Å². The summed E-state index contributed by atoms with van der Waals surface area (Å²) in [7, 11) is 0. The van der Waals surface area contributed by atoms with Crippen molar-refractivity contribution in [2.45, 2.75) is 18.1 Å². The summed E-state index contributed by atoms with van der Waals surface area (Å²) in [5.74, 6) is 0.290. The highest BCUT2D eigenvalue weighted by Gasteiger charge is 2.22. The van der Waals surface area contributed by atoms with Gasteiger partial charge in [-0.3, -0.25) is 9.59 Å². The second-order valence-corrected chi connectivity index (χ2v) is 7.14. The lowest BCUT2D eigenvalue weighted by Gasteiger charge is -2.10. The SMILES string of the molecule is O=C(Oc1cccc(Cc2n[nH]c(=O)c3ccccc23)c1)C1CC=CS1. The van der Waals surface area contributed by atoms with Crippen LogP contribution in [0.3, 0.4) is 0 Å². The van der Waals surface area contributed by atoms with Crippen LogP contribution >= 0.6 is 11.8 Å². The smallest absolute Gasteiger partial charge is 0.325 e. The molecule has 0 saturated heterocycles. The molecule has 1 aliphatic rings. The van der Waals surface area contributed by atoms with E-state index in [-0.39, 0.29) is 16.8 Å². The van der Waals surface area contributed by atoms with Crippen molar-refractivity contribution in [2.24, 2.45) is 0 Å². The van der Waals surface area contributed by atoms with Crippen LogP contribution in [0.4, 0.5) is 0 Å². The van der Waals surface area contributed by atoms with Crippen molar-refractivity contribution >= 4 is 28.5 Å². The fourth-order valence-electron chi connectivity index (χ4n) is 2.94. The number of carbonyl (C=O) groups excluding carboxylic acids is 1. The standard InChI is InChI=1S/C20H16N2O3S/c23-19-16-8-2-1-7-15(16)17(21-22-19)12-13-5-3-6-14(11-13)25-20(24)18-9-4-10-26-18/h1-8,10-11,18H,9,12H2,(H,22,23). The molecule has 1 aliphatic heterocycles.